The Morgan fingerprint density at radius 3 is 2.62 bits per heavy atom. The number of carbonyl (C=O) groups excluding carboxylic acids is 2. The largest absolute Gasteiger partial charge is 0.463 e. The molecule has 0 saturated carbocycles. The number of terminal acetylenes is 1. The van der Waals surface area contributed by atoms with Crippen LogP contribution in [0, 0.1) is 12.3 Å². The number of ether oxygens (including phenoxy) is 3. The van der Waals surface area contributed by atoms with Gasteiger partial charge in [0.15, 0.2) is 0 Å². The first-order valence-electron chi connectivity index (χ1n) is 4.95. The summed E-state index contributed by atoms with van der Waals surface area (Å²) >= 11 is 0. The van der Waals surface area contributed by atoms with Crippen LogP contribution in [-0.4, -0.2) is 36.9 Å². The van der Waals surface area contributed by atoms with Crippen molar-refractivity contribution in [1.29, 1.82) is 0 Å². The van der Waals surface area contributed by atoms with Crippen molar-refractivity contribution in [3.63, 3.8) is 0 Å². The van der Waals surface area contributed by atoms with Gasteiger partial charge in [0.1, 0.15) is 24.9 Å². The van der Waals surface area contributed by atoms with E-state index in [1.54, 1.807) is 0 Å². The van der Waals surface area contributed by atoms with Gasteiger partial charge in [-0.05, 0) is 0 Å². The van der Waals surface area contributed by atoms with Gasteiger partial charge in [0.05, 0.1) is 0 Å². The highest BCUT2D eigenvalue weighted by Crippen LogP contribution is 2.23. The van der Waals surface area contributed by atoms with E-state index in [0.717, 1.165) is 0 Å². The third-order valence-electron chi connectivity index (χ3n) is 2.15. The molecule has 0 unspecified atom stereocenters. The molecule has 1 fully saturated rings. The summed E-state index contributed by atoms with van der Waals surface area (Å²) in [5, 5.41) is 0. The predicted molar refractivity (Wildman–Crippen MR) is 54.3 cm³/mol. The van der Waals surface area contributed by atoms with Crippen molar-refractivity contribution >= 4 is 11.9 Å². The summed E-state index contributed by atoms with van der Waals surface area (Å²) in [7, 11) is 0. The van der Waals surface area contributed by atoms with Crippen molar-refractivity contribution in [2.75, 3.05) is 6.61 Å². The van der Waals surface area contributed by atoms with Crippen LogP contribution in [0.3, 0.4) is 0 Å². The molecule has 3 atom stereocenters. The average molecular weight is 226 g/mol. The van der Waals surface area contributed by atoms with Gasteiger partial charge >= 0.3 is 11.9 Å². The molecule has 0 aromatic carbocycles. The van der Waals surface area contributed by atoms with Crippen molar-refractivity contribution in [3.8, 4) is 12.3 Å². The van der Waals surface area contributed by atoms with E-state index in [1.807, 2.05) is 0 Å². The molecule has 0 spiro atoms. The van der Waals surface area contributed by atoms with E-state index in [0.29, 0.717) is 6.42 Å². The standard InChI is InChI=1S/C11H14O5/c1-4-9-5-10(15-8(3)13)11(16-9)6-14-7(2)12/h1,9-11H,5-6H2,2-3H3/t9-,10-,11+/m0/s1. The molecule has 1 aliphatic rings. The second-order valence-electron chi connectivity index (χ2n) is 3.52. The third kappa shape index (κ3) is 3.55. The summed E-state index contributed by atoms with van der Waals surface area (Å²) in [6, 6.07) is 0. The van der Waals surface area contributed by atoms with E-state index in [4.69, 9.17) is 20.6 Å². The summed E-state index contributed by atoms with van der Waals surface area (Å²) in [4.78, 5) is 21.5. The molecule has 0 bridgehead atoms. The van der Waals surface area contributed by atoms with Crippen LogP contribution < -0.4 is 0 Å². The fraction of sp³-hybridized carbons (Fsp3) is 0.636. The first-order valence-corrected chi connectivity index (χ1v) is 4.95. The van der Waals surface area contributed by atoms with Crippen LogP contribution in [0.25, 0.3) is 0 Å². The third-order valence-corrected chi connectivity index (χ3v) is 2.15. The lowest BCUT2D eigenvalue weighted by Gasteiger charge is -2.17. The maximum Gasteiger partial charge on any atom is 0.302 e. The Morgan fingerprint density at radius 1 is 1.44 bits per heavy atom. The lowest BCUT2D eigenvalue weighted by molar-refractivity contribution is -0.154. The highest BCUT2D eigenvalue weighted by atomic mass is 16.6. The predicted octanol–water partition coefficient (Wildman–Crippen LogP) is 0.272. The van der Waals surface area contributed by atoms with Gasteiger partial charge in [0, 0.05) is 20.3 Å². The van der Waals surface area contributed by atoms with E-state index in [9.17, 15) is 9.59 Å². The second kappa shape index (κ2) is 5.52. The molecule has 5 heteroatoms. The molecule has 0 aromatic rings. The first kappa shape index (κ1) is 12.5. The lowest BCUT2D eigenvalue weighted by atomic mass is 10.1. The van der Waals surface area contributed by atoms with Crippen LogP contribution >= 0.6 is 0 Å². The molecule has 0 amide bonds. The molecule has 1 heterocycles. The van der Waals surface area contributed by atoms with Crippen molar-refractivity contribution in [2.24, 2.45) is 0 Å². The number of hydrogen-bond donors (Lipinski definition) is 0. The maximum atomic E-state index is 10.8. The molecule has 0 radical (unpaired) electrons. The van der Waals surface area contributed by atoms with Crippen LogP contribution in [-0.2, 0) is 23.8 Å². The summed E-state index contributed by atoms with van der Waals surface area (Å²) < 4.78 is 15.2. The minimum absolute atomic E-state index is 0.0471. The van der Waals surface area contributed by atoms with Gasteiger partial charge in [-0.2, -0.15) is 0 Å². The Hall–Kier alpha value is -1.54. The highest BCUT2D eigenvalue weighted by molar-refractivity contribution is 5.66. The summed E-state index contributed by atoms with van der Waals surface area (Å²) in [6.45, 7) is 2.66. The van der Waals surface area contributed by atoms with Gasteiger partial charge < -0.3 is 14.2 Å². The number of hydrogen-bond acceptors (Lipinski definition) is 5. The van der Waals surface area contributed by atoms with E-state index >= 15 is 0 Å². The first-order chi connectivity index (χ1) is 7.52. The minimum Gasteiger partial charge on any atom is -0.463 e. The Bertz CT molecular complexity index is 317. The number of rotatable bonds is 3. The van der Waals surface area contributed by atoms with Crippen LogP contribution in [0.1, 0.15) is 20.3 Å². The monoisotopic (exact) mass is 226 g/mol. The Balaban J connectivity index is 2.53. The average Bonchev–Trinajstić information content (AvgIpc) is 2.56. The van der Waals surface area contributed by atoms with Gasteiger partial charge in [0.2, 0.25) is 0 Å². The summed E-state index contributed by atoms with van der Waals surface area (Å²) in [5.41, 5.74) is 0. The zero-order valence-electron chi connectivity index (χ0n) is 9.26. The van der Waals surface area contributed by atoms with Crippen LogP contribution in [0.5, 0.6) is 0 Å². The smallest absolute Gasteiger partial charge is 0.302 e. The van der Waals surface area contributed by atoms with Gasteiger partial charge in [-0.15, -0.1) is 6.42 Å². The molecule has 1 saturated heterocycles. The molecule has 0 N–H and O–H groups in total. The highest BCUT2D eigenvalue weighted by Gasteiger charge is 2.37. The molecular weight excluding hydrogens is 212 g/mol. The fourth-order valence-electron chi connectivity index (χ4n) is 1.51. The van der Waals surface area contributed by atoms with E-state index < -0.39 is 30.3 Å². The zero-order valence-corrected chi connectivity index (χ0v) is 9.26. The zero-order chi connectivity index (χ0) is 12.1. The summed E-state index contributed by atoms with van der Waals surface area (Å²) in [5.74, 6) is 1.62. The van der Waals surface area contributed by atoms with Gasteiger partial charge in [-0.25, -0.2) is 0 Å². The van der Waals surface area contributed by atoms with Gasteiger partial charge in [0.25, 0.3) is 0 Å². The summed E-state index contributed by atoms with van der Waals surface area (Å²) in [6.07, 6.45) is 4.33. The number of carbonyl (C=O) groups is 2. The molecule has 0 aromatic heterocycles. The molecule has 16 heavy (non-hydrogen) atoms. The fourth-order valence-corrected chi connectivity index (χ4v) is 1.51. The minimum atomic E-state index is -0.478. The molecule has 5 nitrogen and oxygen atoms in total. The van der Waals surface area contributed by atoms with Crippen molar-refractivity contribution in [1.82, 2.24) is 0 Å². The second-order valence-corrected chi connectivity index (χ2v) is 3.52. The lowest BCUT2D eigenvalue weighted by Crippen LogP contribution is -2.31. The molecule has 88 valence electrons. The van der Waals surface area contributed by atoms with Gasteiger partial charge in [-0.3, -0.25) is 9.59 Å². The van der Waals surface area contributed by atoms with Crippen molar-refractivity contribution in [2.45, 2.75) is 38.6 Å². The van der Waals surface area contributed by atoms with Crippen molar-refractivity contribution in [3.05, 3.63) is 0 Å². The molecule has 0 aliphatic carbocycles. The van der Waals surface area contributed by atoms with E-state index in [1.165, 1.54) is 13.8 Å². The van der Waals surface area contributed by atoms with E-state index in [2.05, 4.69) is 5.92 Å². The quantitative estimate of drug-likeness (QED) is 0.510. The Morgan fingerprint density at radius 2 is 2.12 bits per heavy atom. The van der Waals surface area contributed by atoms with Crippen LogP contribution in [0.2, 0.25) is 0 Å². The van der Waals surface area contributed by atoms with Gasteiger partial charge in [-0.1, -0.05) is 5.92 Å². The Labute approximate surface area is 94.0 Å². The van der Waals surface area contributed by atoms with Crippen molar-refractivity contribution < 1.29 is 23.8 Å². The SMILES string of the molecule is C#C[C@H]1C[C@H](OC(C)=O)[C@@H](COC(C)=O)O1. The van der Waals surface area contributed by atoms with Crippen LogP contribution in [0.4, 0.5) is 0 Å². The normalized spacial score (nSPS) is 28.2. The molecule has 1 aliphatic heterocycles. The Kier molecular flexibility index (Phi) is 4.32. The van der Waals surface area contributed by atoms with Crippen LogP contribution in [0.15, 0.2) is 0 Å². The maximum absolute atomic E-state index is 10.8. The molecule has 1 rings (SSSR count). The molecular formula is C11H14O5. The number of esters is 2. The van der Waals surface area contributed by atoms with E-state index in [-0.39, 0.29) is 6.61 Å². The topological polar surface area (TPSA) is 61.8 Å².